The molecule has 0 radical (unpaired) electrons. The second kappa shape index (κ2) is 6.37. The second-order valence-corrected chi connectivity index (χ2v) is 5.70. The fourth-order valence-corrected chi connectivity index (χ4v) is 2.66. The summed E-state index contributed by atoms with van der Waals surface area (Å²) >= 11 is 6.16. The molecule has 2 heterocycles. The predicted octanol–water partition coefficient (Wildman–Crippen LogP) is 3.01. The van der Waals surface area contributed by atoms with Crippen molar-refractivity contribution in [1.29, 1.82) is 0 Å². The van der Waals surface area contributed by atoms with E-state index in [0.717, 1.165) is 15.8 Å². The number of nitrogens with one attached hydrogen (secondary N) is 1. The van der Waals surface area contributed by atoms with E-state index in [4.69, 9.17) is 20.4 Å². The number of carbonyl (C=O) groups is 1. The first-order valence-electron chi connectivity index (χ1n) is 7.12. The summed E-state index contributed by atoms with van der Waals surface area (Å²) < 4.78 is 11.0. The maximum Gasteiger partial charge on any atom is 0.437 e. The number of hydrogen-bond donors (Lipinski definition) is 1. The molecule has 0 fully saturated rings. The highest BCUT2D eigenvalue weighted by Gasteiger charge is 2.16. The van der Waals surface area contributed by atoms with Crippen LogP contribution >= 0.6 is 11.6 Å². The first kappa shape index (κ1) is 16.1. The molecule has 3 rings (SSSR count). The molecular formula is C16H14ClN3O4. The molecule has 24 heavy (non-hydrogen) atoms. The zero-order chi connectivity index (χ0) is 17.3. The third-order valence-electron chi connectivity index (χ3n) is 3.33. The number of aromatic nitrogens is 2. The van der Waals surface area contributed by atoms with E-state index in [0.29, 0.717) is 16.5 Å². The lowest BCUT2D eigenvalue weighted by molar-refractivity contribution is -0.117. The molecule has 8 heteroatoms. The lowest BCUT2D eigenvalue weighted by Crippen LogP contribution is -2.26. The summed E-state index contributed by atoms with van der Waals surface area (Å²) in [5.74, 6) is -0.862. The van der Waals surface area contributed by atoms with Gasteiger partial charge < -0.3 is 14.2 Å². The van der Waals surface area contributed by atoms with Crippen LogP contribution in [0.4, 0.5) is 5.69 Å². The van der Waals surface area contributed by atoms with Crippen LogP contribution in [0.1, 0.15) is 11.1 Å². The lowest BCUT2D eigenvalue weighted by Gasteiger charge is -2.11. The van der Waals surface area contributed by atoms with Crippen molar-refractivity contribution in [3.63, 3.8) is 0 Å². The minimum Gasteiger partial charge on any atom is -0.459 e. The van der Waals surface area contributed by atoms with Crippen LogP contribution in [0.2, 0.25) is 5.02 Å². The minimum atomic E-state index is -0.747. The fraction of sp³-hybridized carbons (Fsp3) is 0.188. The van der Waals surface area contributed by atoms with E-state index < -0.39 is 11.7 Å². The van der Waals surface area contributed by atoms with E-state index in [9.17, 15) is 9.59 Å². The number of aryl methyl sites for hydroxylation is 2. The van der Waals surface area contributed by atoms with E-state index in [-0.39, 0.29) is 12.4 Å². The minimum absolute atomic E-state index is 0.0161. The number of carbonyl (C=O) groups excluding carboxylic acids is 1. The van der Waals surface area contributed by atoms with Crippen LogP contribution in [0.3, 0.4) is 0 Å². The van der Waals surface area contributed by atoms with Gasteiger partial charge >= 0.3 is 5.76 Å². The Morgan fingerprint density at radius 1 is 1.38 bits per heavy atom. The Kier molecular flexibility index (Phi) is 4.26. The van der Waals surface area contributed by atoms with Crippen molar-refractivity contribution in [1.82, 2.24) is 9.78 Å². The molecule has 0 bridgehead atoms. The summed E-state index contributed by atoms with van der Waals surface area (Å²) in [5, 5.41) is 7.07. The molecule has 0 spiro atoms. The van der Waals surface area contributed by atoms with Gasteiger partial charge in [0.25, 0.3) is 5.89 Å². The van der Waals surface area contributed by atoms with Gasteiger partial charge in [0.15, 0.2) is 5.76 Å². The van der Waals surface area contributed by atoms with Crippen molar-refractivity contribution in [2.24, 2.45) is 0 Å². The summed E-state index contributed by atoms with van der Waals surface area (Å²) in [5.41, 5.74) is 2.33. The molecule has 2 aromatic heterocycles. The van der Waals surface area contributed by atoms with Crippen LogP contribution in [0, 0.1) is 13.8 Å². The Balaban J connectivity index is 1.78. The van der Waals surface area contributed by atoms with Gasteiger partial charge in [0.2, 0.25) is 5.91 Å². The van der Waals surface area contributed by atoms with Gasteiger partial charge in [0.05, 0.1) is 17.0 Å². The monoisotopic (exact) mass is 347 g/mol. The third kappa shape index (κ3) is 3.26. The third-order valence-corrected chi connectivity index (χ3v) is 3.63. The van der Waals surface area contributed by atoms with Crippen LogP contribution in [0.15, 0.2) is 44.2 Å². The largest absolute Gasteiger partial charge is 0.459 e. The van der Waals surface area contributed by atoms with Crippen molar-refractivity contribution in [3.8, 4) is 11.7 Å². The number of amides is 1. The smallest absolute Gasteiger partial charge is 0.437 e. The molecule has 0 atom stereocenters. The molecule has 0 aliphatic heterocycles. The molecule has 1 N–H and O–H groups in total. The number of benzene rings is 1. The standard InChI is InChI=1S/C16H14ClN3O4/c1-9-6-10(2)14(11(17)7-9)18-13(21)8-20-16(22)24-15(19-20)12-4-3-5-23-12/h3-7H,8H2,1-2H3,(H,18,21). The Labute approximate surface area is 141 Å². The van der Waals surface area contributed by atoms with E-state index in [1.165, 1.54) is 6.26 Å². The Bertz CT molecular complexity index is 918. The number of nitrogens with zero attached hydrogens (tertiary/aromatic N) is 2. The van der Waals surface area contributed by atoms with E-state index in [2.05, 4.69) is 10.4 Å². The molecule has 124 valence electrons. The molecule has 0 saturated heterocycles. The average molecular weight is 348 g/mol. The Morgan fingerprint density at radius 3 is 2.83 bits per heavy atom. The summed E-state index contributed by atoms with van der Waals surface area (Å²) in [7, 11) is 0. The van der Waals surface area contributed by atoms with Crippen molar-refractivity contribution in [3.05, 3.63) is 57.2 Å². The van der Waals surface area contributed by atoms with Crippen molar-refractivity contribution in [2.45, 2.75) is 20.4 Å². The number of halogens is 1. The number of anilines is 1. The summed E-state index contributed by atoms with van der Waals surface area (Å²) in [6.07, 6.45) is 1.43. The normalized spacial score (nSPS) is 10.8. The van der Waals surface area contributed by atoms with Crippen LogP contribution in [0.25, 0.3) is 11.7 Å². The SMILES string of the molecule is Cc1cc(C)c(NC(=O)Cn2nc(-c3ccco3)oc2=O)c(Cl)c1. The number of rotatable bonds is 4. The van der Waals surface area contributed by atoms with E-state index in [1.54, 1.807) is 18.2 Å². The Hall–Kier alpha value is -2.80. The lowest BCUT2D eigenvalue weighted by atomic mass is 10.1. The summed E-state index contributed by atoms with van der Waals surface area (Å²) in [4.78, 5) is 24.0. The van der Waals surface area contributed by atoms with Gasteiger partial charge in [-0.3, -0.25) is 4.79 Å². The second-order valence-electron chi connectivity index (χ2n) is 5.29. The highest BCUT2D eigenvalue weighted by Crippen LogP contribution is 2.27. The highest BCUT2D eigenvalue weighted by atomic mass is 35.5. The van der Waals surface area contributed by atoms with E-state index >= 15 is 0 Å². The molecule has 7 nitrogen and oxygen atoms in total. The molecule has 0 unspecified atom stereocenters. The van der Waals surface area contributed by atoms with Gasteiger partial charge in [-0.25, -0.2) is 4.79 Å². The first-order chi connectivity index (χ1) is 11.4. The number of hydrogen-bond acceptors (Lipinski definition) is 5. The molecule has 3 aromatic rings. The van der Waals surface area contributed by atoms with Gasteiger partial charge in [-0.05, 0) is 43.2 Å². The fourth-order valence-electron chi connectivity index (χ4n) is 2.30. The van der Waals surface area contributed by atoms with Gasteiger partial charge in [-0.1, -0.05) is 17.7 Å². The molecule has 1 aromatic carbocycles. The van der Waals surface area contributed by atoms with Crippen molar-refractivity contribution < 1.29 is 13.6 Å². The zero-order valence-electron chi connectivity index (χ0n) is 13.0. The van der Waals surface area contributed by atoms with Crippen LogP contribution in [-0.2, 0) is 11.3 Å². The van der Waals surface area contributed by atoms with E-state index in [1.807, 2.05) is 19.9 Å². The summed E-state index contributed by atoms with van der Waals surface area (Å²) in [6, 6.07) is 6.90. The average Bonchev–Trinajstić information content (AvgIpc) is 3.13. The van der Waals surface area contributed by atoms with Gasteiger partial charge in [0.1, 0.15) is 6.54 Å². The molecule has 0 aliphatic rings. The maximum atomic E-state index is 12.2. The molecule has 1 amide bonds. The molecule has 0 saturated carbocycles. The zero-order valence-corrected chi connectivity index (χ0v) is 13.8. The Morgan fingerprint density at radius 2 is 2.17 bits per heavy atom. The van der Waals surface area contributed by atoms with Crippen LogP contribution in [0.5, 0.6) is 0 Å². The topological polar surface area (TPSA) is 90.3 Å². The van der Waals surface area contributed by atoms with Gasteiger partial charge in [0, 0.05) is 0 Å². The van der Waals surface area contributed by atoms with Crippen LogP contribution in [-0.4, -0.2) is 15.7 Å². The molecular weight excluding hydrogens is 334 g/mol. The maximum absolute atomic E-state index is 12.2. The quantitative estimate of drug-likeness (QED) is 0.783. The van der Waals surface area contributed by atoms with Gasteiger partial charge in [-0.2, -0.15) is 4.68 Å². The van der Waals surface area contributed by atoms with Gasteiger partial charge in [-0.15, -0.1) is 5.10 Å². The molecule has 0 aliphatic carbocycles. The highest BCUT2D eigenvalue weighted by molar-refractivity contribution is 6.34. The predicted molar refractivity (Wildman–Crippen MR) is 88.0 cm³/mol. The first-order valence-corrected chi connectivity index (χ1v) is 7.50. The number of furan rings is 1. The van der Waals surface area contributed by atoms with Crippen molar-refractivity contribution >= 4 is 23.2 Å². The summed E-state index contributed by atoms with van der Waals surface area (Å²) in [6.45, 7) is 3.45. The van der Waals surface area contributed by atoms with Crippen LogP contribution < -0.4 is 11.1 Å². The van der Waals surface area contributed by atoms with Crippen molar-refractivity contribution in [2.75, 3.05) is 5.32 Å².